The van der Waals surface area contributed by atoms with Crippen molar-refractivity contribution in [3.8, 4) is 0 Å². The number of carbonyl (C=O) groups excluding carboxylic acids is 1. The third-order valence-corrected chi connectivity index (χ3v) is 2.61. The second-order valence-electron chi connectivity index (χ2n) is 3.53. The molecule has 14 heavy (non-hydrogen) atoms. The Morgan fingerprint density at radius 3 is 2.86 bits per heavy atom. The van der Waals surface area contributed by atoms with Crippen molar-refractivity contribution >= 4 is 17.7 Å². The first-order valence-corrected chi connectivity index (χ1v) is 6.00. The van der Waals surface area contributed by atoms with E-state index in [4.69, 9.17) is 0 Å². The van der Waals surface area contributed by atoms with Crippen LogP contribution in [-0.2, 0) is 4.79 Å². The number of carbonyl (C=O) groups is 1. The van der Waals surface area contributed by atoms with Gasteiger partial charge in [0, 0.05) is 18.7 Å². The number of allylic oxidation sites excluding steroid dienone is 1. The van der Waals surface area contributed by atoms with Crippen molar-refractivity contribution in [3.05, 3.63) is 12.7 Å². The van der Waals surface area contributed by atoms with Gasteiger partial charge in [-0.05, 0) is 19.6 Å². The van der Waals surface area contributed by atoms with Crippen LogP contribution < -0.4 is 5.32 Å². The van der Waals surface area contributed by atoms with Gasteiger partial charge in [0.15, 0.2) is 0 Å². The van der Waals surface area contributed by atoms with Crippen LogP contribution in [0.2, 0.25) is 0 Å². The van der Waals surface area contributed by atoms with Crippen molar-refractivity contribution in [3.63, 3.8) is 0 Å². The highest BCUT2D eigenvalue weighted by Crippen LogP contribution is 2.08. The molecule has 0 saturated heterocycles. The Morgan fingerprint density at radius 1 is 1.71 bits per heavy atom. The van der Waals surface area contributed by atoms with Gasteiger partial charge < -0.3 is 10.4 Å². The largest absolute Gasteiger partial charge is 0.387 e. The Morgan fingerprint density at radius 2 is 2.36 bits per heavy atom. The van der Waals surface area contributed by atoms with E-state index < -0.39 is 5.60 Å². The van der Waals surface area contributed by atoms with Gasteiger partial charge in [-0.1, -0.05) is 6.08 Å². The molecule has 1 atom stereocenters. The molecule has 0 aliphatic rings. The van der Waals surface area contributed by atoms with E-state index in [1.165, 1.54) is 0 Å². The van der Waals surface area contributed by atoms with Crippen LogP contribution in [0.15, 0.2) is 12.7 Å². The molecule has 0 bridgehead atoms. The molecule has 0 radical (unpaired) electrons. The van der Waals surface area contributed by atoms with Crippen LogP contribution >= 0.6 is 11.8 Å². The Bertz CT molecular complexity index is 193. The third kappa shape index (κ3) is 6.97. The van der Waals surface area contributed by atoms with Gasteiger partial charge in [0.25, 0.3) is 0 Å². The molecule has 0 rings (SSSR count). The monoisotopic (exact) mass is 217 g/mol. The summed E-state index contributed by atoms with van der Waals surface area (Å²) < 4.78 is 0. The summed E-state index contributed by atoms with van der Waals surface area (Å²) in [7, 11) is 0. The molecule has 82 valence electrons. The fourth-order valence-electron chi connectivity index (χ4n) is 0.973. The van der Waals surface area contributed by atoms with Gasteiger partial charge >= 0.3 is 0 Å². The molecule has 0 unspecified atom stereocenters. The van der Waals surface area contributed by atoms with Crippen molar-refractivity contribution in [2.45, 2.75) is 25.4 Å². The van der Waals surface area contributed by atoms with Gasteiger partial charge in [-0.25, -0.2) is 0 Å². The summed E-state index contributed by atoms with van der Waals surface area (Å²) >= 11 is 1.56. The lowest BCUT2D eigenvalue weighted by atomic mass is 10.1. The van der Waals surface area contributed by atoms with E-state index >= 15 is 0 Å². The number of hydrogen-bond donors (Lipinski definition) is 2. The SMILES string of the molecule is C=CCCC(=O)NC[C@](C)(O)CSC. The lowest BCUT2D eigenvalue weighted by Gasteiger charge is -2.22. The molecule has 0 spiro atoms. The molecule has 0 aromatic carbocycles. The van der Waals surface area contributed by atoms with Gasteiger partial charge in [0.1, 0.15) is 0 Å². The van der Waals surface area contributed by atoms with E-state index in [9.17, 15) is 9.90 Å². The molecule has 0 aromatic heterocycles. The van der Waals surface area contributed by atoms with Gasteiger partial charge in [0.05, 0.1) is 5.60 Å². The van der Waals surface area contributed by atoms with Crippen molar-refractivity contribution in [1.29, 1.82) is 0 Å². The Balaban J connectivity index is 3.69. The summed E-state index contributed by atoms with van der Waals surface area (Å²) in [6.07, 6.45) is 4.75. The maximum atomic E-state index is 11.2. The summed E-state index contributed by atoms with van der Waals surface area (Å²) in [6, 6.07) is 0. The molecule has 0 aliphatic carbocycles. The van der Waals surface area contributed by atoms with Gasteiger partial charge in [-0.15, -0.1) is 6.58 Å². The average molecular weight is 217 g/mol. The van der Waals surface area contributed by atoms with Crippen LogP contribution in [-0.4, -0.2) is 35.2 Å². The summed E-state index contributed by atoms with van der Waals surface area (Å²) in [4.78, 5) is 11.2. The van der Waals surface area contributed by atoms with Crippen LogP contribution in [0.5, 0.6) is 0 Å². The average Bonchev–Trinajstić information content (AvgIpc) is 2.11. The number of hydrogen-bond acceptors (Lipinski definition) is 3. The predicted molar refractivity (Wildman–Crippen MR) is 61.4 cm³/mol. The topological polar surface area (TPSA) is 49.3 Å². The van der Waals surface area contributed by atoms with Crippen LogP contribution in [0, 0.1) is 0 Å². The third-order valence-electron chi connectivity index (χ3n) is 1.70. The number of nitrogens with one attached hydrogen (secondary N) is 1. The minimum Gasteiger partial charge on any atom is -0.387 e. The summed E-state index contributed by atoms with van der Waals surface area (Å²) in [5, 5.41) is 12.4. The molecule has 1 amide bonds. The minimum atomic E-state index is -0.816. The van der Waals surface area contributed by atoms with Gasteiger partial charge in [0.2, 0.25) is 5.91 Å². The highest BCUT2D eigenvalue weighted by atomic mass is 32.2. The number of aliphatic hydroxyl groups is 1. The highest BCUT2D eigenvalue weighted by Gasteiger charge is 2.19. The number of thioether (sulfide) groups is 1. The molecule has 2 N–H and O–H groups in total. The van der Waals surface area contributed by atoms with Gasteiger partial charge in [-0.2, -0.15) is 11.8 Å². The zero-order chi connectivity index (χ0) is 11.0. The molecule has 4 heteroatoms. The Kier molecular flexibility index (Phi) is 6.66. The standard InChI is InChI=1S/C10H19NO2S/c1-4-5-6-9(12)11-7-10(2,13)8-14-3/h4,13H,1,5-8H2,2-3H3,(H,11,12)/t10-/m0/s1. The molecule has 0 fully saturated rings. The van der Waals surface area contributed by atoms with Crippen molar-refractivity contribution in [2.24, 2.45) is 0 Å². The van der Waals surface area contributed by atoms with E-state index in [0.717, 1.165) is 0 Å². The maximum Gasteiger partial charge on any atom is 0.220 e. The smallest absolute Gasteiger partial charge is 0.220 e. The molecule has 0 aromatic rings. The van der Waals surface area contributed by atoms with Gasteiger partial charge in [-0.3, -0.25) is 4.79 Å². The summed E-state index contributed by atoms with van der Waals surface area (Å²) in [6.45, 7) is 5.57. The van der Waals surface area contributed by atoms with Crippen LogP contribution in [0.25, 0.3) is 0 Å². The van der Waals surface area contributed by atoms with Crippen LogP contribution in [0.4, 0.5) is 0 Å². The molecular formula is C10H19NO2S. The molecule has 3 nitrogen and oxygen atoms in total. The zero-order valence-electron chi connectivity index (χ0n) is 8.88. The molecule has 0 aliphatic heterocycles. The van der Waals surface area contributed by atoms with E-state index in [2.05, 4.69) is 11.9 Å². The first-order valence-electron chi connectivity index (χ1n) is 4.61. The fourth-order valence-corrected chi connectivity index (χ4v) is 1.70. The first kappa shape index (κ1) is 13.5. The maximum absolute atomic E-state index is 11.2. The fraction of sp³-hybridized carbons (Fsp3) is 0.700. The normalized spacial score (nSPS) is 14.5. The quantitative estimate of drug-likeness (QED) is 0.630. The van der Waals surface area contributed by atoms with E-state index in [1.54, 1.807) is 24.8 Å². The zero-order valence-corrected chi connectivity index (χ0v) is 9.69. The Hall–Kier alpha value is -0.480. The number of rotatable bonds is 7. The Labute approximate surface area is 90.0 Å². The molecule has 0 heterocycles. The van der Waals surface area contributed by atoms with Crippen LogP contribution in [0.3, 0.4) is 0 Å². The lowest BCUT2D eigenvalue weighted by Crippen LogP contribution is -2.42. The summed E-state index contributed by atoms with van der Waals surface area (Å²) in [5.41, 5.74) is -0.816. The highest BCUT2D eigenvalue weighted by molar-refractivity contribution is 7.98. The summed E-state index contributed by atoms with van der Waals surface area (Å²) in [5.74, 6) is 0.584. The minimum absolute atomic E-state index is 0.0359. The van der Waals surface area contributed by atoms with E-state index in [0.29, 0.717) is 25.1 Å². The molecule has 0 saturated carbocycles. The lowest BCUT2D eigenvalue weighted by molar-refractivity contribution is -0.122. The van der Waals surface area contributed by atoms with Crippen molar-refractivity contribution < 1.29 is 9.90 Å². The predicted octanol–water partition coefficient (Wildman–Crippen LogP) is 1.18. The van der Waals surface area contributed by atoms with Crippen molar-refractivity contribution in [1.82, 2.24) is 5.32 Å². The second-order valence-corrected chi connectivity index (χ2v) is 4.40. The van der Waals surface area contributed by atoms with Crippen LogP contribution in [0.1, 0.15) is 19.8 Å². The first-order chi connectivity index (χ1) is 6.52. The van der Waals surface area contributed by atoms with E-state index in [1.807, 2.05) is 6.26 Å². The molecular weight excluding hydrogens is 198 g/mol. The van der Waals surface area contributed by atoms with Crippen molar-refractivity contribution in [2.75, 3.05) is 18.6 Å². The number of amides is 1. The second kappa shape index (κ2) is 6.90. The van der Waals surface area contributed by atoms with E-state index in [-0.39, 0.29) is 5.91 Å².